The van der Waals surface area contributed by atoms with E-state index in [2.05, 4.69) is 0 Å². The molecule has 9 nitrogen and oxygen atoms in total. The summed E-state index contributed by atoms with van der Waals surface area (Å²) in [6, 6.07) is 27.2. The topological polar surface area (TPSA) is 114 Å². The summed E-state index contributed by atoms with van der Waals surface area (Å²) in [5.41, 5.74) is -1.44. The van der Waals surface area contributed by atoms with Crippen molar-refractivity contribution in [2.45, 2.75) is 93.1 Å². The van der Waals surface area contributed by atoms with E-state index in [1.807, 2.05) is 81.4 Å². The normalized spacial score (nSPS) is 34.0. The Morgan fingerprint density at radius 2 is 1.28 bits per heavy atom. The molecule has 0 aromatic heterocycles. The highest BCUT2D eigenvalue weighted by molar-refractivity contribution is 7.92. The quantitative estimate of drug-likeness (QED) is 0.286. The highest BCUT2D eigenvalue weighted by Gasteiger charge is 2.77. The lowest BCUT2D eigenvalue weighted by Crippen LogP contribution is -2.60. The van der Waals surface area contributed by atoms with Gasteiger partial charge < -0.3 is 23.7 Å². The van der Waals surface area contributed by atoms with Crippen LogP contribution in [0.5, 0.6) is 0 Å². The molecule has 7 rings (SSSR count). The molecular weight excluding hydrogens is 608 g/mol. The van der Waals surface area contributed by atoms with Gasteiger partial charge >= 0.3 is 11.9 Å². The molecule has 242 valence electrons. The first kappa shape index (κ1) is 31.1. The summed E-state index contributed by atoms with van der Waals surface area (Å²) in [5, 5.41) is -1.29. The molecule has 46 heavy (non-hydrogen) atoms. The number of carbonyl (C=O) groups excluding carboxylic acids is 2. The fraction of sp³-hybridized carbons (Fsp3) is 0.444. The van der Waals surface area contributed by atoms with E-state index in [9.17, 15) is 18.0 Å². The Balaban J connectivity index is 1.25. The minimum atomic E-state index is -4.11. The first-order valence-electron chi connectivity index (χ1n) is 15.7. The third-order valence-electron chi connectivity index (χ3n) is 10.9. The minimum absolute atomic E-state index is 0.0833. The number of hydrogen-bond donors (Lipinski definition) is 0. The number of rotatable bonds is 10. The van der Waals surface area contributed by atoms with Gasteiger partial charge in [0.05, 0.1) is 23.5 Å². The van der Waals surface area contributed by atoms with E-state index in [1.165, 1.54) is 12.1 Å². The van der Waals surface area contributed by atoms with Crippen molar-refractivity contribution in [3.05, 3.63) is 102 Å². The molecule has 10 heteroatoms. The van der Waals surface area contributed by atoms with Gasteiger partial charge in [0.15, 0.2) is 15.9 Å². The van der Waals surface area contributed by atoms with Gasteiger partial charge in [-0.15, -0.1) is 0 Å². The number of hydrogen-bond acceptors (Lipinski definition) is 9. The van der Waals surface area contributed by atoms with Gasteiger partial charge in [-0.3, -0.25) is 4.79 Å². The van der Waals surface area contributed by atoms with Crippen molar-refractivity contribution < 1.29 is 41.7 Å². The maximum Gasteiger partial charge on any atom is 0.351 e. The maximum absolute atomic E-state index is 14.4. The summed E-state index contributed by atoms with van der Waals surface area (Å²) >= 11 is 0. The fourth-order valence-electron chi connectivity index (χ4n) is 7.70. The monoisotopic (exact) mass is 646 g/mol. The average molecular weight is 647 g/mol. The van der Waals surface area contributed by atoms with Crippen LogP contribution >= 0.6 is 0 Å². The van der Waals surface area contributed by atoms with Gasteiger partial charge in [-0.2, -0.15) is 0 Å². The van der Waals surface area contributed by atoms with E-state index in [1.54, 1.807) is 18.2 Å². The lowest BCUT2D eigenvalue weighted by Gasteiger charge is -2.39. The molecule has 0 spiro atoms. The predicted octanol–water partition coefficient (Wildman–Crippen LogP) is 4.81. The van der Waals surface area contributed by atoms with E-state index in [-0.39, 0.29) is 24.5 Å². The van der Waals surface area contributed by atoms with Gasteiger partial charge in [0.1, 0.15) is 29.7 Å². The SMILES string of the molecule is CC1(C)[C@@]2(C)CC[C@]1(C(=O)O[C@@H]1[C@@H]3O[C@@H]([C@@H](OCc4ccccc4)[C@H]3OCc3ccccc3)[C@H]1S(=O)(=O)c1ccccc1)OC2=O. The van der Waals surface area contributed by atoms with Crippen LogP contribution in [0.2, 0.25) is 0 Å². The molecule has 4 bridgehead atoms. The zero-order valence-electron chi connectivity index (χ0n) is 26.0. The van der Waals surface area contributed by atoms with Crippen LogP contribution in [0, 0.1) is 10.8 Å². The Morgan fingerprint density at radius 3 is 1.78 bits per heavy atom. The molecule has 8 atom stereocenters. The number of sulfone groups is 1. The third-order valence-corrected chi connectivity index (χ3v) is 13.1. The van der Waals surface area contributed by atoms with Crippen molar-refractivity contribution in [2.75, 3.05) is 0 Å². The van der Waals surface area contributed by atoms with Crippen LogP contribution in [-0.2, 0) is 56.3 Å². The van der Waals surface area contributed by atoms with Crippen molar-refractivity contribution in [1.29, 1.82) is 0 Å². The molecule has 0 radical (unpaired) electrons. The lowest BCUT2D eigenvalue weighted by molar-refractivity contribution is -0.192. The zero-order chi connectivity index (χ0) is 32.3. The van der Waals surface area contributed by atoms with E-state index >= 15 is 0 Å². The van der Waals surface area contributed by atoms with Crippen molar-refractivity contribution >= 4 is 21.8 Å². The molecule has 0 N–H and O–H groups in total. The van der Waals surface area contributed by atoms with Crippen molar-refractivity contribution in [3.8, 4) is 0 Å². The Morgan fingerprint density at radius 1 is 0.761 bits per heavy atom. The molecule has 1 aliphatic carbocycles. The molecule has 3 aromatic rings. The number of carbonyl (C=O) groups is 2. The summed E-state index contributed by atoms with van der Waals surface area (Å²) in [6.45, 7) is 5.90. The molecule has 3 saturated heterocycles. The number of fused-ring (bicyclic) bond motifs is 4. The van der Waals surface area contributed by atoms with Crippen molar-refractivity contribution in [1.82, 2.24) is 0 Å². The van der Waals surface area contributed by atoms with Gasteiger partial charge in [0.2, 0.25) is 5.60 Å². The Bertz CT molecular complexity index is 1710. The Kier molecular flexibility index (Phi) is 7.62. The summed E-state index contributed by atoms with van der Waals surface area (Å²) in [6.07, 6.45) is -3.97. The number of benzene rings is 3. The lowest BCUT2D eigenvalue weighted by atomic mass is 9.66. The van der Waals surface area contributed by atoms with Crippen molar-refractivity contribution in [3.63, 3.8) is 0 Å². The second-order valence-electron chi connectivity index (χ2n) is 13.5. The Labute approximate surface area is 269 Å². The van der Waals surface area contributed by atoms with Crippen LogP contribution < -0.4 is 0 Å². The third kappa shape index (κ3) is 4.64. The van der Waals surface area contributed by atoms with Crippen LogP contribution in [0.25, 0.3) is 0 Å². The molecule has 0 unspecified atom stereocenters. The van der Waals surface area contributed by atoms with E-state index in [0.717, 1.165) is 11.1 Å². The molecule has 3 heterocycles. The van der Waals surface area contributed by atoms with Crippen LogP contribution in [0.4, 0.5) is 0 Å². The van der Waals surface area contributed by atoms with E-state index in [0.29, 0.717) is 6.42 Å². The van der Waals surface area contributed by atoms with Crippen LogP contribution in [0.3, 0.4) is 0 Å². The van der Waals surface area contributed by atoms with Crippen LogP contribution in [-0.4, -0.2) is 61.7 Å². The first-order valence-corrected chi connectivity index (χ1v) is 17.2. The summed E-state index contributed by atoms with van der Waals surface area (Å²) in [5.74, 6) is -1.21. The standard InChI is InChI=1S/C36H38O9S/c1-34(2)35(3)19-20-36(34,45-32(35)37)33(38)44-30-28-26(41-21-23-13-7-4-8-14-23)27(42-22-24-15-9-5-10-16-24)29(43-28)31(30)46(39,40)25-17-11-6-12-18-25/h4-18,26-31H,19-22H2,1-3H3/t26-,27+,28-,29+,30-,31-,35+,36-/m1/s1. The zero-order valence-corrected chi connectivity index (χ0v) is 26.9. The van der Waals surface area contributed by atoms with Gasteiger partial charge in [0.25, 0.3) is 0 Å². The molecule has 3 aliphatic heterocycles. The Hall–Kier alpha value is -3.57. The molecule has 3 aromatic carbocycles. The highest BCUT2D eigenvalue weighted by Crippen LogP contribution is 2.66. The van der Waals surface area contributed by atoms with Gasteiger partial charge in [-0.1, -0.05) is 92.7 Å². The molecular formula is C36H38O9S. The molecule has 0 amide bonds. The molecule has 4 fully saturated rings. The summed E-state index contributed by atoms with van der Waals surface area (Å²) in [7, 11) is -4.11. The van der Waals surface area contributed by atoms with Crippen LogP contribution in [0.1, 0.15) is 44.7 Å². The van der Waals surface area contributed by atoms with Crippen LogP contribution in [0.15, 0.2) is 95.9 Å². The predicted molar refractivity (Wildman–Crippen MR) is 166 cm³/mol. The molecule has 4 aliphatic rings. The fourth-order valence-corrected chi connectivity index (χ4v) is 9.69. The first-order chi connectivity index (χ1) is 22.0. The summed E-state index contributed by atoms with van der Waals surface area (Å²) in [4.78, 5) is 27.3. The average Bonchev–Trinajstić information content (AvgIpc) is 3.71. The minimum Gasteiger partial charge on any atom is -0.455 e. The van der Waals surface area contributed by atoms with Gasteiger partial charge in [-0.25, -0.2) is 13.2 Å². The molecule has 1 saturated carbocycles. The summed E-state index contributed by atoms with van der Waals surface area (Å²) < 4.78 is 60.1. The second-order valence-corrected chi connectivity index (χ2v) is 15.6. The highest BCUT2D eigenvalue weighted by atomic mass is 32.2. The second kappa shape index (κ2) is 11.3. The number of ether oxygens (including phenoxy) is 5. The van der Waals surface area contributed by atoms with E-state index < -0.39 is 74.0 Å². The van der Waals surface area contributed by atoms with Gasteiger partial charge in [-0.05, 0) is 43.0 Å². The van der Waals surface area contributed by atoms with Gasteiger partial charge in [0, 0.05) is 5.41 Å². The van der Waals surface area contributed by atoms with Crippen molar-refractivity contribution in [2.24, 2.45) is 10.8 Å². The largest absolute Gasteiger partial charge is 0.455 e. The van der Waals surface area contributed by atoms with E-state index in [4.69, 9.17) is 23.7 Å². The number of esters is 2. The smallest absolute Gasteiger partial charge is 0.351 e. The maximum atomic E-state index is 14.4.